The van der Waals surface area contributed by atoms with E-state index in [0.717, 1.165) is 50.2 Å². The molecule has 2 heterocycles. The fraction of sp³-hybridized carbons (Fsp3) is 0.619. The summed E-state index contributed by atoms with van der Waals surface area (Å²) < 4.78 is 1.25. The Labute approximate surface area is 161 Å². The van der Waals surface area contributed by atoms with Crippen molar-refractivity contribution in [1.29, 1.82) is 0 Å². The highest BCUT2D eigenvalue weighted by Crippen LogP contribution is 2.22. The first-order valence-corrected chi connectivity index (χ1v) is 10.9. The molecule has 142 valence electrons. The van der Waals surface area contributed by atoms with E-state index in [2.05, 4.69) is 40.3 Å². The average Bonchev–Trinajstić information content (AvgIpc) is 3.07. The zero-order chi connectivity index (χ0) is 18.2. The number of benzene rings is 1. The molecule has 1 aromatic carbocycles. The Hall–Kier alpha value is -1.46. The van der Waals surface area contributed by atoms with Gasteiger partial charge in [0.2, 0.25) is 5.91 Å². The van der Waals surface area contributed by atoms with Gasteiger partial charge in [-0.1, -0.05) is 19.1 Å². The van der Waals surface area contributed by atoms with Crippen LogP contribution in [0.5, 0.6) is 0 Å². The van der Waals surface area contributed by atoms with Crippen LogP contribution in [0.1, 0.15) is 50.5 Å². The molecule has 0 bridgehead atoms. The summed E-state index contributed by atoms with van der Waals surface area (Å²) in [5.41, 5.74) is 1.09. The number of amides is 1. The molecule has 5 heteroatoms. The van der Waals surface area contributed by atoms with Crippen LogP contribution in [0.3, 0.4) is 0 Å². The van der Waals surface area contributed by atoms with E-state index in [1.165, 1.54) is 35.6 Å². The summed E-state index contributed by atoms with van der Waals surface area (Å²) >= 11 is 1.77. The second-order valence-corrected chi connectivity index (χ2v) is 8.63. The lowest BCUT2D eigenvalue weighted by Gasteiger charge is -2.30. The first-order valence-electron chi connectivity index (χ1n) is 10.0. The van der Waals surface area contributed by atoms with E-state index in [1.54, 1.807) is 11.3 Å². The van der Waals surface area contributed by atoms with Gasteiger partial charge in [0.1, 0.15) is 0 Å². The SMILES string of the molecule is CC1CCN(CCCNC(=O)CCCCc2nc3ccccc3s2)CC1. The van der Waals surface area contributed by atoms with Crippen LogP contribution >= 0.6 is 11.3 Å². The second kappa shape index (κ2) is 10.0. The Balaban J connectivity index is 1.23. The fourth-order valence-corrected chi connectivity index (χ4v) is 4.50. The Morgan fingerprint density at radius 1 is 1.23 bits per heavy atom. The van der Waals surface area contributed by atoms with E-state index < -0.39 is 0 Å². The van der Waals surface area contributed by atoms with Gasteiger partial charge in [0.25, 0.3) is 0 Å². The molecule has 1 N–H and O–H groups in total. The molecule has 1 aliphatic heterocycles. The molecule has 1 aromatic heterocycles. The number of likely N-dealkylation sites (tertiary alicyclic amines) is 1. The average molecular weight is 374 g/mol. The van der Waals surface area contributed by atoms with Gasteiger partial charge >= 0.3 is 0 Å². The van der Waals surface area contributed by atoms with Crippen molar-refractivity contribution in [3.63, 3.8) is 0 Å². The number of hydrogen-bond acceptors (Lipinski definition) is 4. The molecule has 0 atom stereocenters. The minimum Gasteiger partial charge on any atom is -0.356 e. The third kappa shape index (κ3) is 6.06. The molecule has 1 fully saturated rings. The van der Waals surface area contributed by atoms with Crippen LogP contribution in [-0.4, -0.2) is 42.0 Å². The van der Waals surface area contributed by atoms with E-state index in [1.807, 2.05) is 6.07 Å². The summed E-state index contributed by atoms with van der Waals surface area (Å²) in [6, 6.07) is 8.27. The third-order valence-electron chi connectivity index (χ3n) is 5.23. The molecule has 0 spiro atoms. The number of piperidine rings is 1. The maximum absolute atomic E-state index is 12.0. The van der Waals surface area contributed by atoms with Crippen molar-refractivity contribution < 1.29 is 4.79 Å². The molecule has 1 aliphatic rings. The number of nitrogens with one attached hydrogen (secondary N) is 1. The lowest BCUT2D eigenvalue weighted by molar-refractivity contribution is -0.121. The fourth-order valence-electron chi connectivity index (χ4n) is 3.49. The molecule has 0 unspecified atom stereocenters. The van der Waals surface area contributed by atoms with Crippen LogP contribution in [0.15, 0.2) is 24.3 Å². The summed E-state index contributed by atoms with van der Waals surface area (Å²) in [5.74, 6) is 1.08. The van der Waals surface area contributed by atoms with Gasteiger partial charge in [-0.05, 0) is 76.2 Å². The van der Waals surface area contributed by atoms with Crippen molar-refractivity contribution in [3.05, 3.63) is 29.3 Å². The minimum absolute atomic E-state index is 0.196. The molecule has 0 saturated carbocycles. The van der Waals surface area contributed by atoms with Gasteiger partial charge in [-0.2, -0.15) is 0 Å². The van der Waals surface area contributed by atoms with Crippen molar-refractivity contribution in [2.75, 3.05) is 26.2 Å². The minimum atomic E-state index is 0.196. The number of unbranched alkanes of at least 4 members (excludes halogenated alkanes) is 1. The zero-order valence-electron chi connectivity index (χ0n) is 15.9. The quantitative estimate of drug-likeness (QED) is 0.669. The van der Waals surface area contributed by atoms with E-state index >= 15 is 0 Å². The molecular weight excluding hydrogens is 342 g/mol. The van der Waals surface area contributed by atoms with Gasteiger partial charge in [0.05, 0.1) is 15.2 Å². The number of thiazole rings is 1. The zero-order valence-corrected chi connectivity index (χ0v) is 16.7. The summed E-state index contributed by atoms with van der Waals surface area (Å²) in [6.45, 7) is 6.71. The second-order valence-electron chi connectivity index (χ2n) is 7.51. The Morgan fingerprint density at radius 2 is 2.04 bits per heavy atom. The number of carbonyl (C=O) groups is 1. The number of carbonyl (C=O) groups excluding carboxylic acids is 1. The number of nitrogens with zero attached hydrogens (tertiary/aromatic N) is 2. The van der Waals surface area contributed by atoms with Crippen LogP contribution in [-0.2, 0) is 11.2 Å². The molecule has 2 aromatic rings. The highest BCUT2D eigenvalue weighted by molar-refractivity contribution is 7.18. The first-order chi connectivity index (χ1) is 12.7. The molecule has 0 radical (unpaired) electrons. The predicted molar refractivity (Wildman–Crippen MR) is 110 cm³/mol. The molecule has 1 amide bonds. The van der Waals surface area contributed by atoms with Crippen molar-refractivity contribution in [1.82, 2.24) is 15.2 Å². The van der Waals surface area contributed by atoms with Gasteiger partial charge < -0.3 is 10.2 Å². The molecule has 0 aliphatic carbocycles. The lowest BCUT2D eigenvalue weighted by Crippen LogP contribution is -2.35. The largest absolute Gasteiger partial charge is 0.356 e. The van der Waals surface area contributed by atoms with Crippen molar-refractivity contribution >= 4 is 27.5 Å². The summed E-state index contributed by atoms with van der Waals surface area (Å²) in [7, 11) is 0. The van der Waals surface area contributed by atoms with Crippen LogP contribution in [0.2, 0.25) is 0 Å². The van der Waals surface area contributed by atoms with Crippen molar-refractivity contribution in [2.45, 2.75) is 51.9 Å². The van der Waals surface area contributed by atoms with Crippen LogP contribution in [0, 0.1) is 5.92 Å². The highest BCUT2D eigenvalue weighted by Gasteiger charge is 2.14. The summed E-state index contributed by atoms with van der Waals surface area (Å²) in [4.78, 5) is 19.1. The Morgan fingerprint density at radius 3 is 2.85 bits per heavy atom. The monoisotopic (exact) mass is 373 g/mol. The molecule has 3 rings (SSSR count). The highest BCUT2D eigenvalue weighted by atomic mass is 32.1. The maximum Gasteiger partial charge on any atom is 0.219 e. The third-order valence-corrected chi connectivity index (χ3v) is 6.33. The first kappa shape index (κ1) is 19.3. The molecule has 26 heavy (non-hydrogen) atoms. The lowest BCUT2D eigenvalue weighted by atomic mass is 9.99. The molecule has 4 nitrogen and oxygen atoms in total. The van der Waals surface area contributed by atoms with E-state index in [0.29, 0.717) is 6.42 Å². The van der Waals surface area contributed by atoms with Crippen LogP contribution in [0.25, 0.3) is 10.2 Å². The smallest absolute Gasteiger partial charge is 0.219 e. The maximum atomic E-state index is 12.0. The van der Waals surface area contributed by atoms with Gasteiger partial charge in [-0.3, -0.25) is 4.79 Å². The summed E-state index contributed by atoms with van der Waals surface area (Å²) in [6.07, 6.45) is 7.27. The molecule has 1 saturated heterocycles. The van der Waals surface area contributed by atoms with Gasteiger partial charge in [-0.15, -0.1) is 11.3 Å². The van der Waals surface area contributed by atoms with Crippen LogP contribution < -0.4 is 5.32 Å². The summed E-state index contributed by atoms with van der Waals surface area (Å²) in [5, 5.41) is 4.26. The van der Waals surface area contributed by atoms with E-state index in [-0.39, 0.29) is 5.91 Å². The number of rotatable bonds is 9. The standard InChI is InChI=1S/C21H31N3OS/c1-17-11-15-24(16-12-17)14-6-13-22-20(25)9-4-5-10-21-23-18-7-2-3-8-19(18)26-21/h2-3,7-8,17H,4-6,9-16H2,1H3,(H,22,25). The van der Waals surface area contributed by atoms with Gasteiger partial charge in [0.15, 0.2) is 0 Å². The number of para-hydroxylation sites is 1. The van der Waals surface area contributed by atoms with Crippen LogP contribution in [0.4, 0.5) is 0 Å². The predicted octanol–water partition coefficient (Wildman–Crippen LogP) is 4.25. The van der Waals surface area contributed by atoms with Gasteiger partial charge in [0, 0.05) is 13.0 Å². The van der Waals surface area contributed by atoms with Gasteiger partial charge in [-0.25, -0.2) is 4.98 Å². The number of fused-ring (bicyclic) bond motifs is 1. The normalized spacial score (nSPS) is 16.2. The Kier molecular flexibility index (Phi) is 7.44. The number of aryl methyl sites for hydroxylation is 1. The van der Waals surface area contributed by atoms with Crippen molar-refractivity contribution in [3.8, 4) is 0 Å². The van der Waals surface area contributed by atoms with E-state index in [9.17, 15) is 4.79 Å². The Bertz CT molecular complexity index is 658. The number of aromatic nitrogens is 1. The van der Waals surface area contributed by atoms with E-state index in [4.69, 9.17) is 0 Å². The topological polar surface area (TPSA) is 45.2 Å². The number of hydrogen-bond donors (Lipinski definition) is 1. The van der Waals surface area contributed by atoms with Crippen molar-refractivity contribution in [2.24, 2.45) is 5.92 Å². The molecular formula is C21H31N3OS.